The van der Waals surface area contributed by atoms with Crippen molar-refractivity contribution >= 4 is 27.5 Å². The van der Waals surface area contributed by atoms with E-state index >= 15 is 0 Å². The topological polar surface area (TPSA) is 85.2 Å². The highest BCUT2D eigenvalue weighted by molar-refractivity contribution is 7.99. The van der Waals surface area contributed by atoms with Crippen molar-refractivity contribution in [2.24, 2.45) is 0 Å². The molecule has 3 heterocycles. The summed E-state index contributed by atoms with van der Waals surface area (Å²) in [5, 5.41) is 9.45. The molecule has 0 spiro atoms. The Labute approximate surface area is 171 Å². The third kappa shape index (κ3) is 4.56. The van der Waals surface area contributed by atoms with Crippen LogP contribution in [0.15, 0.2) is 5.16 Å². The fraction of sp³-hybridized carbons (Fsp3) is 0.842. The van der Waals surface area contributed by atoms with Crippen molar-refractivity contribution in [2.75, 3.05) is 17.3 Å². The zero-order valence-corrected chi connectivity index (χ0v) is 18.0. The molecule has 1 saturated heterocycles. The van der Waals surface area contributed by atoms with Crippen molar-refractivity contribution in [1.29, 1.82) is 0 Å². The highest BCUT2D eigenvalue weighted by atomic mass is 32.2. The number of carbonyl (C=O) groups excluding carboxylic acids is 1. The number of fused-ring (bicyclic) bond motifs is 1. The van der Waals surface area contributed by atoms with Crippen molar-refractivity contribution in [3.8, 4) is 0 Å². The van der Waals surface area contributed by atoms with E-state index in [0.717, 1.165) is 62.5 Å². The minimum absolute atomic E-state index is 0.0602. The van der Waals surface area contributed by atoms with Gasteiger partial charge in [-0.15, -0.1) is 10.2 Å². The molecular weight excluding hydrogens is 396 g/mol. The lowest BCUT2D eigenvalue weighted by atomic mass is 9.93. The maximum absolute atomic E-state index is 13.2. The third-order valence-electron chi connectivity index (χ3n) is 6.26. The number of nitrogens with zero attached hydrogens (tertiary/aromatic N) is 4. The van der Waals surface area contributed by atoms with Gasteiger partial charge in [-0.1, -0.05) is 37.4 Å². The van der Waals surface area contributed by atoms with Crippen LogP contribution in [0, 0.1) is 0 Å². The molecule has 2 aliphatic heterocycles. The summed E-state index contributed by atoms with van der Waals surface area (Å²) in [5.41, 5.74) is 0. The Hall–Kier alpha value is -1.09. The number of aromatic nitrogens is 3. The molecule has 0 N–H and O–H groups in total. The summed E-state index contributed by atoms with van der Waals surface area (Å²) in [6, 6.07) is 0.0346. The Morgan fingerprint density at radius 1 is 1.04 bits per heavy atom. The molecule has 1 amide bonds. The van der Waals surface area contributed by atoms with E-state index in [1.165, 1.54) is 24.6 Å². The van der Waals surface area contributed by atoms with E-state index in [-0.39, 0.29) is 29.5 Å². The van der Waals surface area contributed by atoms with Gasteiger partial charge in [0.25, 0.3) is 0 Å². The number of hydrogen-bond acceptors (Lipinski definition) is 6. The molecule has 2 fully saturated rings. The normalized spacial score (nSPS) is 25.2. The summed E-state index contributed by atoms with van der Waals surface area (Å²) >= 11 is 1.46. The highest BCUT2D eigenvalue weighted by Crippen LogP contribution is 2.30. The fourth-order valence-corrected chi connectivity index (χ4v) is 7.39. The lowest BCUT2D eigenvalue weighted by molar-refractivity contribution is -0.133. The van der Waals surface area contributed by atoms with E-state index in [4.69, 9.17) is 0 Å². The van der Waals surface area contributed by atoms with Gasteiger partial charge in [0, 0.05) is 25.0 Å². The van der Waals surface area contributed by atoms with Gasteiger partial charge in [-0.3, -0.25) is 4.79 Å². The average Bonchev–Trinajstić information content (AvgIpc) is 3.14. The number of rotatable bonds is 5. The zero-order chi connectivity index (χ0) is 19.6. The monoisotopic (exact) mass is 426 g/mol. The molecule has 3 aliphatic rings. The summed E-state index contributed by atoms with van der Waals surface area (Å²) in [6.45, 7) is 0.923. The molecule has 156 valence electrons. The first-order chi connectivity index (χ1) is 13.5. The number of carbonyl (C=O) groups is 1. The first kappa shape index (κ1) is 20.2. The predicted octanol–water partition coefficient (Wildman–Crippen LogP) is 2.45. The van der Waals surface area contributed by atoms with E-state index in [9.17, 15) is 13.2 Å². The van der Waals surface area contributed by atoms with E-state index in [1.807, 2.05) is 4.90 Å². The second-order valence-corrected chi connectivity index (χ2v) is 11.5. The van der Waals surface area contributed by atoms with Crippen LogP contribution in [0.1, 0.15) is 63.6 Å². The van der Waals surface area contributed by atoms with Gasteiger partial charge >= 0.3 is 0 Å². The molecule has 1 aromatic heterocycles. The van der Waals surface area contributed by atoms with Gasteiger partial charge in [0.15, 0.2) is 15.0 Å². The van der Waals surface area contributed by atoms with Crippen LogP contribution in [-0.2, 0) is 27.6 Å². The van der Waals surface area contributed by atoms with Crippen LogP contribution in [0.4, 0.5) is 0 Å². The largest absolute Gasteiger partial charge is 0.335 e. The molecule has 1 aromatic rings. The maximum Gasteiger partial charge on any atom is 0.233 e. The summed E-state index contributed by atoms with van der Waals surface area (Å²) in [4.78, 5) is 15.2. The van der Waals surface area contributed by atoms with Gasteiger partial charge < -0.3 is 9.47 Å². The molecule has 1 aliphatic carbocycles. The summed E-state index contributed by atoms with van der Waals surface area (Å²) < 4.78 is 26.2. The van der Waals surface area contributed by atoms with E-state index in [2.05, 4.69) is 14.8 Å². The van der Waals surface area contributed by atoms with Crippen molar-refractivity contribution in [2.45, 2.75) is 88.0 Å². The number of thioether (sulfide) groups is 1. The maximum atomic E-state index is 13.2. The van der Waals surface area contributed by atoms with Crippen LogP contribution in [0.2, 0.25) is 0 Å². The second kappa shape index (κ2) is 8.73. The molecule has 7 nitrogen and oxygen atoms in total. The standard InChI is InChI=1S/C19H30N4O3S2/c24-18(13-27-19-21-20-17-9-5-2-6-11-22(17)19)23(15-7-3-1-4-8-15)16-10-12-28(25,26)14-16/h15-16H,1-14H2/t16-/m0/s1. The fourth-order valence-electron chi connectivity index (χ4n) is 4.83. The van der Waals surface area contributed by atoms with Crippen LogP contribution in [-0.4, -0.2) is 63.3 Å². The smallest absolute Gasteiger partial charge is 0.233 e. The van der Waals surface area contributed by atoms with Crippen molar-refractivity contribution in [3.63, 3.8) is 0 Å². The summed E-state index contributed by atoms with van der Waals surface area (Å²) in [5.74, 6) is 1.73. The lowest BCUT2D eigenvalue weighted by Gasteiger charge is -2.38. The third-order valence-corrected chi connectivity index (χ3v) is 8.96. The van der Waals surface area contributed by atoms with Gasteiger partial charge in [-0.25, -0.2) is 8.42 Å². The Kier molecular flexibility index (Phi) is 6.30. The van der Waals surface area contributed by atoms with Crippen molar-refractivity contribution in [3.05, 3.63) is 5.82 Å². The van der Waals surface area contributed by atoms with Gasteiger partial charge in [0.2, 0.25) is 5.91 Å². The Bertz CT molecular complexity index is 802. The van der Waals surface area contributed by atoms with Gasteiger partial charge in [0.1, 0.15) is 5.82 Å². The highest BCUT2D eigenvalue weighted by Gasteiger charge is 2.38. The second-order valence-electron chi connectivity index (χ2n) is 8.30. The molecule has 0 bridgehead atoms. The van der Waals surface area contributed by atoms with Gasteiger partial charge in [0.05, 0.1) is 17.3 Å². The number of sulfone groups is 1. The first-order valence-electron chi connectivity index (χ1n) is 10.6. The minimum atomic E-state index is -3.01. The van der Waals surface area contributed by atoms with Crippen LogP contribution in [0.3, 0.4) is 0 Å². The first-order valence-corrected chi connectivity index (χ1v) is 13.4. The van der Waals surface area contributed by atoms with Crippen molar-refractivity contribution < 1.29 is 13.2 Å². The van der Waals surface area contributed by atoms with E-state index in [1.54, 1.807) is 0 Å². The van der Waals surface area contributed by atoms with Gasteiger partial charge in [-0.2, -0.15) is 0 Å². The molecule has 28 heavy (non-hydrogen) atoms. The Balaban J connectivity index is 1.46. The Morgan fingerprint density at radius 3 is 2.57 bits per heavy atom. The van der Waals surface area contributed by atoms with Crippen LogP contribution in [0.5, 0.6) is 0 Å². The van der Waals surface area contributed by atoms with E-state index < -0.39 is 9.84 Å². The number of hydrogen-bond donors (Lipinski definition) is 0. The minimum Gasteiger partial charge on any atom is -0.335 e. The SMILES string of the molecule is O=C(CSc1nnc2n1CCCCC2)N(C1CCCCC1)[C@H]1CCS(=O)(=O)C1. The summed E-state index contributed by atoms with van der Waals surface area (Å²) in [6.07, 6.45) is 10.5. The summed E-state index contributed by atoms with van der Waals surface area (Å²) in [7, 11) is -3.01. The number of aryl methyl sites for hydroxylation is 1. The Morgan fingerprint density at radius 2 is 1.82 bits per heavy atom. The van der Waals surface area contributed by atoms with E-state index in [0.29, 0.717) is 12.2 Å². The zero-order valence-electron chi connectivity index (χ0n) is 16.4. The molecule has 1 atom stereocenters. The lowest BCUT2D eigenvalue weighted by Crippen LogP contribution is -2.49. The molecule has 0 aromatic carbocycles. The molecular formula is C19H30N4O3S2. The molecule has 0 unspecified atom stereocenters. The van der Waals surface area contributed by atoms with Crippen LogP contribution < -0.4 is 0 Å². The molecule has 1 saturated carbocycles. The van der Waals surface area contributed by atoms with Gasteiger partial charge in [-0.05, 0) is 32.1 Å². The average molecular weight is 427 g/mol. The molecule has 4 rings (SSSR count). The van der Waals surface area contributed by atoms with Crippen LogP contribution >= 0.6 is 11.8 Å². The molecule has 9 heteroatoms. The molecule has 0 radical (unpaired) electrons. The van der Waals surface area contributed by atoms with Crippen molar-refractivity contribution in [1.82, 2.24) is 19.7 Å². The predicted molar refractivity (Wildman–Crippen MR) is 109 cm³/mol. The number of amides is 1. The quantitative estimate of drug-likeness (QED) is 0.673. The van der Waals surface area contributed by atoms with Crippen LogP contribution in [0.25, 0.3) is 0 Å².